The Morgan fingerprint density at radius 3 is 3.18 bits per heavy atom. The molecule has 0 aromatic heterocycles. The lowest BCUT2D eigenvalue weighted by Crippen LogP contribution is -2.20. The maximum absolute atomic E-state index is 5.79. The van der Waals surface area contributed by atoms with Gasteiger partial charge in [-0.1, -0.05) is 17.7 Å². The van der Waals surface area contributed by atoms with Gasteiger partial charge in [-0.2, -0.15) is 0 Å². The Morgan fingerprint density at radius 2 is 2.55 bits per heavy atom. The molecule has 1 heteroatoms. The predicted molar refractivity (Wildman–Crippen MR) is 49.3 cm³/mol. The highest BCUT2D eigenvalue weighted by atomic mass is 14.6. The highest BCUT2D eigenvalue weighted by molar-refractivity contribution is 5.10. The van der Waals surface area contributed by atoms with E-state index in [-0.39, 0.29) is 0 Å². The summed E-state index contributed by atoms with van der Waals surface area (Å²) >= 11 is 0. The summed E-state index contributed by atoms with van der Waals surface area (Å²) in [4.78, 5) is 0. The van der Waals surface area contributed by atoms with Crippen molar-refractivity contribution in [2.24, 2.45) is 5.73 Å². The molecule has 0 heterocycles. The molecule has 1 atom stereocenters. The molecule has 1 rings (SSSR count). The van der Waals surface area contributed by atoms with Crippen LogP contribution in [0, 0.1) is 0 Å². The molecular formula is C10H17N. The standard InChI is InChI=1S/C10H17N/c1-2-3-5-9-6-4-7-10(11)8-9/h2,8,10H,1,3-7,11H2. The van der Waals surface area contributed by atoms with E-state index in [9.17, 15) is 0 Å². The van der Waals surface area contributed by atoms with E-state index in [1.54, 1.807) is 0 Å². The van der Waals surface area contributed by atoms with Crippen molar-refractivity contribution < 1.29 is 0 Å². The summed E-state index contributed by atoms with van der Waals surface area (Å²) in [5.41, 5.74) is 7.33. The first-order valence-corrected chi connectivity index (χ1v) is 4.39. The van der Waals surface area contributed by atoms with Crippen molar-refractivity contribution in [1.82, 2.24) is 0 Å². The summed E-state index contributed by atoms with van der Waals surface area (Å²) in [7, 11) is 0. The Morgan fingerprint density at radius 1 is 1.73 bits per heavy atom. The topological polar surface area (TPSA) is 26.0 Å². The third-order valence-corrected chi connectivity index (χ3v) is 2.15. The van der Waals surface area contributed by atoms with Gasteiger partial charge in [-0.05, 0) is 32.1 Å². The van der Waals surface area contributed by atoms with Crippen LogP contribution in [0.25, 0.3) is 0 Å². The third-order valence-electron chi connectivity index (χ3n) is 2.15. The molecule has 0 aromatic rings. The van der Waals surface area contributed by atoms with Gasteiger partial charge in [-0.3, -0.25) is 0 Å². The van der Waals surface area contributed by atoms with E-state index in [0.717, 1.165) is 19.3 Å². The molecule has 0 amide bonds. The van der Waals surface area contributed by atoms with E-state index in [1.807, 2.05) is 6.08 Å². The summed E-state index contributed by atoms with van der Waals surface area (Å²) in [6.07, 6.45) is 10.1. The molecule has 1 unspecified atom stereocenters. The van der Waals surface area contributed by atoms with Crippen LogP contribution in [0.3, 0.4) is 0 Å². The minimum Gasteiger partial charge on any atom is -0.324 e. The van der Waals surface area contributed by atoms with Crippen LogP contribution < -0.4 is 5.73 Å². The van der Waals surface area contributed by atoms with Gasteiger partial charge in [-0.25, -0.2) is 0 Å². The number of nitrogens with two attached hydrogens (primary N) is 1. The van der Waals surface area contributed by atoms with Crippen LogP contribution in [-0.2, 0) is 0 Å². The summed E-state index contributed by atoms with van der Waals surface area (Å²) in [6.45, 7) is 3.71. The van der Waals surface area contributed by atoms with Gasteiger partial charge in [0.15, 0.2) is 0 Å². The van der Waals surface area contributed by atoms with Crippen molar-refractivity contribution in [1.29, 1.82) is 0 Å². The maximum Gasteiger partial charge on any atom is 0.0226 e. The molecular weight excluding hydrogens is 134 g/mol. The Bertz CT molecular complexity index is 158. The first-order valence-electron chi connectivity index (χ1n) is 4.39. The molecule has 0 spiro atoms. The van der Waals surface area contributed by atoms with Crippen LogP contribution in [0.15, 0.2) is 24.3 Å². The van der Waals surface area contributed by atoms with E-state index < -0.39 is 0 Å². The zero-order valence-electron chi connectivity index (χ0n) is 7.05. The van der Waals surface area contributed by atoms with Crippen molar-refractivity contribution in [2.75, 3.05) is 0 Å². The van der Waals surface area contributed by atoms with E-state index in [0.29, 0.717) is 6.04 Å². The summed E-state index contributed by atoms with van der Waals surface area (Å²) in [6, 6.07) is 0.323. The van der Waals surface area contributed by atoms with Crippen LogP contribution in [0.4, 0.5) is 0 Å². The fraction of sp³-hybridized carbons (Fsp3) is 0.600. The minimum atomic E-state index is 0.323. The molecule has 1 nitrogen and oxygen atoms in total. The highest BCUT2D eigenvalue weighted by Gasteiger charge is 2.08. The predicted octanol–water partition coefficient (Wildman–Crippen LogP) is 2.39. The van der Waals surface area contributed by atoms with Crippen LogP contribution in [0.1, 0.15) is 32.1 Å². The van der Waals surface area contributed by atoms with Gasteiger partial charge in [0.05, 0.1) is 0 Å². The fourth-order valence-corrected chi connectivity index (χ4v) is 1.53. The Hall–Kier alpha value is -0.560. The second kappa shape index (κ2) is 4.35. The van der Waals surface area contributed by atoms with Gasteiger partial charge in [0, 0.05) is 6.04 Å². The van der Waals surface area contributed by atoms with E-state index in [2.05, 4.69) is 12.7 Å². The minimum absolute atomic E-state index is 0.323. The fourth-order valence-electron chi connectivity index (χ4n) is 1.53. The number of hydrogen-bond acceptors (Lipinski definition) is 1. The largest absolute Gasteiger partial charge is 0.324 e. The van der Waals surface area contributed by atoms with Crippen molar-refractivity contribution in [3.8, 4) is 0 Å². The summed E-state index contributed by atoms with van der Waals surface area (Å²) in [5.74, 6) is 0. The van der Waals surface area contributed by atoms with Gasteiger partial charge in [-0.15, -0.1) is 6.58 Å². The van der Waals surface area contributed by atoms with E-state index in [1.165, 1.54) is 18.4 Å². The van der Waals surface area contributed by atoms with Gasteiger partial charge in [0.1, 0.15) is 0 Å². The molecule has 1 aliphatic carbocycles. The van der Waals surface area contributed by atoms with Crippen molar-refractivity contribution in [2.45, 2.75) is 38.1 Å². The summed E-state index contributed by atoms with van der Waals surface area (Å²) in [5, 5.41) is 0. The lowest BCUT2D eigenvalue weighted by molar-refractivity contribution is 0.610. The molecule has 0 saturated heterocycles. The second-order valence-corrected chi connectivity index (χ2v) is 3.21. The Kier molecular flexibility index (Phi) is 3.37. The first kappa shape index (κ1) is 8.54. The zero-order valence-corrected chi connectivity index (χ0v) is 7.05. The van der Waals surface area contributed by atoms with Gasteiger partial charge >= 0.3 is 0 Å². The molecule has 0 bridgehead atoms. The maximum atomic E-state index is 5.79. The molecule has 11 heavy (non-hydrogen) atoms. The SMILES string of the molecule is C=CCCC1=CC(N)CCC1. The molecule has 1 aliphatic rings. The normalized spacial score (nSPS) is 24.5. The quantitative estimate of drug-likeness (QED) is 0.616. The number of allylic oxidation sites excluding steroid dienone is 2. The molecule has 0 aliphatic heterocycles. The smallest absolute Gasteiger partial charge is 0.0226 e. The van der Waals surface area contributed by atoms with Crippen LogP contribution in [0.2, 0.25) is 0 Å². The lowest BCUT2D eigenvalue weighted by Gasteiger charge is -2.16. The van der Waals surface area contributed by atoms with Gasteiger partial charge in [0.2, 0.25) is 0 Å². The van der Waals surface area contributed by atoms with Crippen molar-refractivity contribution in [3.63, 3.8) is 0 Å². The van der Waals surface area contributed by atoms with Gasteiger partial charge in [0.25, 0.3) is 0 Å². The molecule has 0 aromatic carbocycles. The number of hydrogen-bond donors (Lipinski definition) is 1. The second-order valence-electron chi connectivity index (χ2n) is 3.21. The first-order chi connectivity index (χ1) is 5.33. The molecule has 0 saturated carbocycles. The van der Waals surface area contributed by atoms with Crippen LogP contribution in [0.5, 0.6) is 0 Å². The third kappa shape index (κ3) is 2.89. The van der Waals surface area contributed by atoms with Crippen molar-refractivity contribution in [3.05, 3.63) is 24.3 Å². The van der Waals surface area contributed by atoms with E-state index >= 15 is 0 Å². The average Bonchev–Trinajstić information content (AvgIpc) is 2.01. The molecule has 0 fully saturated rings. The zero-order chi connectivity index (χ0) is 8.10. The lowest BCUT2D eigenvalue weighted by atomic mass is 9.93. The van der Waals surface area contributed by atoms with Gasteiger partial charge < -0.3 is 5.73 Å². The molecule has 62 valence electrons. The van der Waals surface area contributed by atoms with Crippen molar-refractivity contribution >= 4 is 0 Å². The van der Waals surface area contributed by atoms with Crippen LogP contribution in [-0.4, -0.2) is 6.04 Å². The summed E-state index contributed by atoms with van der Waals surface area (Å²) < 4.78 is 0. The Labute approximate surface area is 69.0 Å². The van der Waals surface area contributed by atoms with Crippen LogP contribution >= 0.6 is 0 Å². The Balaban J connectivity index is 2.36. The highest BCUT2D eigenvalue weighted by Crippen LogP contribution is 2.20. The average molecular weight is 151 g/mol. The van der Waals surface area contributed by atoms with E-state index in [4.69, 9.17) is 5.73 Å². The molecule has 2 N–H and O–H groups in total. The molecule has 0 radical (unpaired) electrons. The number of rotatable bonds is 3. The monoisotopic (exact) mass is 151 g/mol.